The molecule has 2 heterocycles. The molecule has 0 amide bonds. The molecule has 0 saturated heterocycles. The van der Waals surface area contributed by atoms with E-state index in [4.69, 9.17) is 9.47 Å². The molecule has 7 aromatic rings. The summed E-state index contributed by atoms with van der Waals surface area (Å²) < 4.78 is 14.3. The van der Waals surface area contributed by atoms with Gasteiger partial charge in [0.15, 0.2) is 5.60 Å². The van der Waals surface area contributed by atoms with E-state index in [0.29, 0.717) is 23.7 Å². The molecule has 3 saturated carbocycles. The summed E-state index contributed by atoms with van der Waals surface area (Å²) in [5, 5.41) is 8.25. The lowest BCUT2D eigenvalue weighted by molar-refractivity contribution is 0.140. The second-order valence-corrected chi connectivity index (χ2v) is 20.6. The highest BCUT2D eigenvalue weighted by molar-refractivity contribution is 6.29. The molecule has 15 rings (SSSR count). The fourth-order valence-corrected chi connectivity index (χ4v) is 14.1. The predicted molar refractivity (Wildman–Crippen MR) is 275 cm³/mol. The smallest absolute Gasteiger partial charge is 0.160 e. The van der Waals surface area contributed by atoms with Crippen molar-refractivity contribution in [3.63, 3.8) is 0 Å². The van der Waals surface area contributed by atoms with Crippen LogP contribution in [0, 0.1) is 5.92 Å². The van der Waals surface area contributed by atoms with Crippen LogP contribution >= 0.6 is 0 Å². The highest BCUT2D eigenvalue weighted by atomic mass is 16.5. The molecule has 328 valence electrons. The lowest BCUT2D eigenvalue weighted by Crippen LogP contribution is -2.33. The number of nitrogens with zero attached hydrogens (tertiary/aromatic N) is 2. The lowest BCUT2D eigenvalue weighted by Gasteiger charge is -2.37. The van der Waals surface area contributed by atoms with E-state index in [0.717, 1.165) is 42.1 Å². The minimum atomic E-state index is -0.310. The minimum absolute atomic E-state index is 0.0634. The zero-order chi connectivity index (χ0) is 43.8. The molecule has 0 bridgehead atoms. The van der Waals surface area contributed by atoms with E-state index in [1.54, 1.807) is 0 Å². The average Bonchev–Trinajstić information content (AvgIpc) is 4.12. The fourth-order valence-electron chi connectivity index (χ4n) is 14.1. The number of hydrogen-bond acceptors (Lipinski definition) is 4. The first-order valence-electron chi connectivity index (χ1n) is 25.4. The number of allylic oxidation sites excluding steroid dienone is 7. The third kappa shape index (κ3) is 5.53. The van der Waals surface area contributed by atoms with Crippen molar-refractivity contribution in [2.45, 2.75) is 100 Å². The Morgan fingerprint density at radius 1 is 0.567 bits per heavy atom. The molecule has 67 heavy (non-hydrogen) atoms. The molecule has 7 aromatic carbocycles. The van der Waals surface area contributed by atoms with Gasteiger partial charge in [-0.05, 0) is 150 Å². The van der Waals surface area contributed by atoms with Gasteiger partial charge in [0.2, 0.25) is 0 Å². The Bertz CT molecular complexity index is 3380. The van der Waals surface area contributed by atoms with Gasteiger partial charge in [-0.25, -0.2) is 0 Å². The molecule has 0 radical (unpaired) electrons. The highest BCUT2D eigenvalue weighted by Crippen LogP contribution is 2.71. The van der Waals surface area contributed by atoms with Gasteiger partial charge in [0.05, 0.1) is 28.7 Å². The minimum Gasteiger partial charge on any atom is -0.483 e. The molecule has 4 heteroatoms. The van der Waals surface area contributed by atoms with Crippen molar-refractivity contribution in [3.8, 4) is 5.75 Å². The van der Waals surface area contributed by atoms with Gasteiger partial charge >= 0.3 is 0 Å². The predicted octanol–water partition coefficient (Wildman–Crippen LogP) is 16.7. The maximum absolute atomic E-state index is 7.16. The van der Waals surface area contributed by atoms with Crippen LogP contribution in [0.3, 0.4) is 0 Å². The third-order valence-electron chi connectivity index (χ3n) is 17.1. The monoisotopic (exact) mass is 870 g/mol. The van der Waals surface area contributed by atoms with Crippen LogP contribution in [0.15, 0.2) is 186 Å². The van der Waals surface area contributed by atoms with Gasteiger partial charge in [-0.3, -0.25) is 0 Å². The molecule has 8 aliphatic rings. The number of hydrogen-bond donors (Lipinski definition) is 0. The van der Waals surface area contributed by atoms with Crippen LogP contribution in [0.2, 0.25) is 0 Å². The molecule has 3 unspecified atom stereocenters. The van der Waals surface area contributed by atoms with E-state index in [9.17, 15) is 0 Å². The molecule has 3 fully saturated rings. The Hall–Kier alpha value is -6.78. The van der Waals surface area contributed by atoms with Gasteiger partial charge in [0.1, 0.15) is 17.6 Å². The SMILES string of the molecule is C1=CC23Oc4c(cccc4N(c4ccccc4)c4cc(C5CCCC5)c5ccc6c(N(C7=CCC[C@@H]8C9=C(C=CCC=C9)OC78)c7ccccc7)cc(C7CCCC7)c7ccc4c5c76)C2C3=C1. The third-order valence-corrected chi connectivity index (χ3v) is 17.1. The molecule has 2 aliphatic heterocycles. The fraction of sp³-hybridized carbons (Fsp3) is 0.270. The van der Waals surface area contributed by atoms with E-state index < -0.39 is 0 Å². The summed E-state index contributed by atoms with van der Waals surface area (Å²) in [5.74, 6) is 3.70. The van der Waals surface area contributed by atoms with E-state index in [-0.39, 0.29) is 11.7 Å². The summed E-state index contributed by atoms with van der Waals surface area (Å²) in [6.45, 7) is 0. The zero-order valence-electron chi connectivity index (χ0n) is 38.0. The Kier molecular flexibility index (Phi) is 8.36. The Labute approximate surface area is 393 Å². The first-order valence-corrected chi connectivity index (χ1v) is 25.4. The number of rotatable bonds is 8. The van der Waals surface area contributed by atoms with Gasteiger partial charge in [0, 0.05) is 39.2 Å². The van der Waals surface area contributed by atoms with E-state index in [2.05, 4.69) is 174 Å². The first kappa shape index (κ1) is 38.3. The highest BCUT2D eigenvalue weighted by Gasteiger charge is 2.68. The molecule has 6 aliphatic carbocycles. The molecule has 0 N–H and O–H groups in total. The standard InChI is InChI=1S/C63H54N2O2/c1-4-21-41(22-5-1)64(53-29-14-26-46-43-25-8-3-9-31-57(43)66-61(46)53)55-37-50(39-17-10-11-18-39)44-33-35-48-56(38-51(40-19-12-13-20-40)45-32-34-47(55)58(44)59(45)48)65(42-23-6-2-7-24-42)54-30-15-27-49-60-52-28-16-36-63(52,60)67-62(49)54/h1-2,4-9,15-16,21-25,27-40,46,60-61H,3,10-14,17-20,26H2/t46-,60?,61?,63?/m1/s1. The molecular weight excluding hydrogens is 817 g/mol. The van der Waals surface area contributed by atoms with Crippen LogP contribution in [-0.4, -0.2) is 11.7 Å². The van der Waals surface area contributed by atoms with E-state index in [1.165, 1.54) is 134 Å². The van der Waals surface area contributed by atoms with Crippen LogP contribution in [0.25, 0.3) is 32.3 Å². The van der Waals surface area contributed by atoms with Gasteiger partial charge in [0.25, 0.3) is 0 Å². The maximum atomic E-state index is 7.16. The van der Waals surface area contributed by atoms with Crippen LogP contribution in [0.4, 0.5) is 28.4 Å². The lowest BCUT2D eigenvalue weighted by atomic mass is 9.81. The van der Waals surface area contributed by atoms with Crippen LogP contribution in [-0.2, 0) is 4.74 Å². The van der Waals surface area contributed by atoms with Gasteiger partial charge in [-0.1, -0.05) is 135 Å². The molecule has 0 aromatic heterocycles. The summed E-state index contributed by atoms with van der Waals surface area (Å²) in [7, 11) is 0. The van der Waals surface area contributed by atoms with Gasteiger partial charge in [-0.2, -0.15) is 0 Å². The second-order valence-electron chi connectivity index (χ2n) is 20.6. The van der Waals surface area contributed by atoms with Crippen LogP contribution in [0.5, 0.6) is 5.75 Å². The van der Waals surface area contributed by atoms with Gasteiger partial charge in [-0.15, -0.1) is 0 Å². The van der Waals surface area contributed by atoms with Crippen molar-refractivity contribution in [2.24, 2.45) is 5.92 Å². The van der Waals surface area contributed by atoms with Crippen LogP contribution < -0.4 is 14.5 Å². The molecular formula is C63H54N2O2. The maximum Gasteiger partial charge on any atom is 0.160 e. The number of ether oxygens (including phenoxy) is 2. The number of fused-ring (bicyclic) bond motifs is 5. The van der Waals surface area contributed by atoms with Crippen molar-refractivity contribution in [1.29, 1.82) is 0 Å². The summed E-state index contributed by atoms with van der Waals surface area (Å²) in [5.41, 5.74) is 14.0. The topological polar surface area (TPSA) is 24.9 Å². The van der Waals surface area contributed by atoms with Crippen molar-refractivity contribution >= 4 is 60.8 Å². The first-order chi connectivity index (χ1) is 33.2. The van der Waals surface area contributed by atoms with Gasteiger partial charge < -0.3 is 19.3 Å². The van der Waals surface area contributed by atoms with Crippen molar-refractivity contribution in [2.75, 3.05) is 9.80 Å². The summed E-state index contributed by atoms with van der Waals surface area (Å²) >= 11 is 0. The average molecular weight is 871 g/mol. The Balaban J connectivity index is 1.01. The molecule has 4 atom stereocenters. The number of para-hydroxylation sites is 3. The summed E-state index contributed by atoms with van der Waals surface area (Å²) in [6, 6.07) is 44.3. The quantitative estimate of drug-likeness (QED) is 0.142. The molecule has 4 nitrogen and oxygen atoms in total. The normalized spacial score (nSPS) is 24.6. The summed E-state index contributed by atoms with van der Waals surface area (Å²) in [4.78, 5) is 5.16. The summed E-state index contributed by atoms with van der Waals surface area (Å²) in [6.07, 6.45) is 31.4. The van der Waals surface area contributed by atoms with Crippen molar-refractivity contribution < 1.29 is 9.47 Å². The number of anilines is 5. The van der Waals surface area contributed by atoms with Crippen molar-refractivity contribution in [3.05, 3.63) is 203 Å². The second kappa shape index (κ2) is 14.6. The van der Waals surface area contributed by atoms with Crippen LogP contribution in [0.1, 0.15) is 105 Å². The Morgan fingerprint density at radius 3 is 1.88 bits per heavy atom. The van der Waals surface area contributed by atoms with Crippen molar-refractivity contribution in [1.82, 2.24) is 0 Å². The largest absolute Gasteiger partial charge is 0.483 e. The number of benzene rings is 7. The van der Waals surface area contributed by atoms with E-state index >= 15 is 0 Å². The van der Waals surface area contributed by atoms with E-state index in [1.807, 2.05) is 0 Å². The Morgan fingerprint density at radius 2 is 1.19 bits per heavy atom. The zero-order valence-corrected chi connectivity index (χ0v) is 38.0. The molecule has 1 spiro atoms.